The summed E-state index contributed by atoms with van der Waals surface area (Å²) >= 11 is 0. The number of carbonyl (C=O) groups is 2. The first kappa shape index (κ1) is 21.0. The molecule has 1 aliphatic rings. The van der Waals surface area contributed by atoms with Gasteiger partial charge in [0.1, 0.15) is 5.82 Å². The van der Waals surface area contributed by atoms with Crippen molar-refractivity contribution in [3.63, 3.8) is 0 Å². The predicted molar refractivity (Wildman–Crippen MR) is 112 cm³/mol. The highest BCUT2D eigenvalue weighted by molar-refractivity contribution is 5.95. The van der Waals surface area contributed by atoms with Crippen molar-refractivity contribution < 1.29 is 14.0 Å². The summed E-state index contributed by atoms with van der Waals surface area (Å²) in [5.74, 6) is -0.609. The molecule has 1 heterocycles. The molecule has 0 aromatic heterocycles. The van der Waals surface area contributed by atoms with Crippen molar-refractivity contribution in [1.29, 1.82) is 0 Å². The number of rotatable bonds is 6. The van der Waals surface area contributed by atoms with E-state index in [9.17, 15) is 14.0 Å². The first-order valence-corrected chi connectivity index (χ1v) is 10.2. The van der Waals surface area contributed by atoms with Crippen LogP contribution < -0.4 is 5.32 Å². The Bertz CT molecular complexity index is 863. The average Bonchev–Trinajstić information content (AvgIpc) is 3.13. The number of nitrogens with zero attached hydrogens (tertiary/aromatic N) is 1. The van der Waals surface area contributed by atoms with Crippen molar-refractivity contribution in [1.82, 2.24) is 10.2 Å². The monoisotopic (exact) mass is 396 g/mol. The maximum atomic E-state index is 13.8. The molecule has 154 valence electrons. The largest absolute Gasteiger partial charge is 0.356 e. The average molecular weight is 397 g/mol. The lowest BCUT2D eigenvalue weighted by Gasteiger charge is -2.18. The molecule has 29 heavy (non-hydrogen) atoms. The lowest BCUT2D eigenvalue weighted by Crippen LogP contribution is -2.36. The molecule has 4 nitrogen and oxygen atoms in total. The van der Waals surface area contributed by atoms with Crippen LogP contribution >= 0.6 is 0 Å². The molecular formula is C24H29FN2O2. The molecule has 0 unspecified atom stereocenters. The molecule has 5 heteroatoms. The minimum absolute atomic E-state index is 0.0703. The van der Waals surface area contributed by atoms with Crippen LogP contribution in [0, 0.1) is 24.6 Å². The molecule has 1 fully saturated rings. The second-order valence-corrected chi connectivity index (χ2v) is 8.32. The standard InChI is InChI=1S/C24H29FN2O2/c1-16(2)11-12-26-23(28)22-15-27(24(29)18-9-7-17(3)8-10-18)14-21(22)19-5-4-6-20(25)13-19/h4-10,13,16,21-22H,11-12,14-15H2,1-3H3,(H,26,28)/t21-,22+/m0/s1. The lowest BCUT2D eigenvalue weighted by atomic mass is 9.88. The fourth-order valence-electron chi connectivity index (χ4n) is 3.80. The smallest absolute Gasteiger partial charge is 0.253 e. The molecule has 0 spiro atoms. The quantitative estimate of drug-likeness (QED) is 0.797. The number of benzene rings is 2. The van der Waals surface area contributed by atoms with Gasteiger partial charge in [-0.3, -0.25) is 9.59 Å². The fourth-order valence-corrected chi connectivity index (χ4v) is 3.80. The Morgan fingerprint density at radius 3 is 2.52 bits per heavy atom. The van der Waals surface area contributed by atoms with Crippen molar-refractivity contribution >= 4 is 11.8 Å². The third kappa shape index (κ3) is 5.22. The third-order valence-electron chi connectivity index (χ3n) is 5.54. The zero-order chi connectivity index (χ0) is 21.0. The van der Waals surface area contributed by atoms with Crippen molar-refractivity contribution in [2.45, 2.75) is 33.1 Å². The number of halogens is 1. The maximum Gasteiger partial charge on any atom is 0.253 e. The van der Waals surface area contributed by atoms with Crippen molar-refractivity contribution in [2.24, 2.45) is 11.8 Å². The number of likely N-dealkylation sites (tertiary alicyclic amines) is 1. The van der Waals surface area contributed by atoms with E-state index in [4.69, 9.17) is 0 Å². The van der Waals surface area contributed by atoms with E-state index in [-0.39, 0.29) is 23.5 Å². The van der Waals surface area contributed by atoms with E-state index in [1.807, 2.05) is 37.3 Å². The van der Waals surface area contributed by atoms with Gasteiger partial charge in [-0.1, -0.05) is 43.7 Å². The topological polar surface area (TPSA) is 49.4 Å². The normalized spacial score (nSPS) is 18.9. The van der Waals surface area contributed by atoms with Crippen molar-refractivity contribution in [2.75, 3.05) is 19.6 Å². The zero-order valence-corrected chi connectivity index (χ0v) is 17.3. The Morgan fingerprint density at radius 2 is 1.86 bits per heavy atom. The van der Waals surface area contributed by atoms with Gasteiger partial charge in [0.2, 0.25) is 5.91 Å². The van der Waals surface area contributed by atoms with Gasteiger partial charge in [-0.2, -0.15) is 0 Å². The van der Waals surface area contributed by atoms with E-state index in [0.29, 0.717) is 31.1 Å². The van der Waals surface area contributed by atoms with Gasteiger partial charge < -0.3 is 10.2 Å². The van der Waals surface area contributed by atoms with E-state index < -0.39 is 5.92 Å². The van der Waals surface area contributed by atoms with E-state index >= 15 is 0 Å². The van der Waals surface area contributed by atoms with Crippen LogP contribution in [0.5, 0.6) is 0 Å². The molecule has 1 aliphatic heterocycles. The highest BCUT2D eigenvalue weighted by atomic mass is 19.1. The summed E-state index contributed by atoms with van der Waals surface area (Å²) in [5.41, 5.74) is 2.45. The molecular weight excluding hydrogens is 367 g/mol. The minimum atomic E-state index is -0.390. The Hall–Kier alpha value is -2.69. The second-order valence-electron chi connectivity index (χ2n) is 8.32. The van der Waals surface area contributed by atoms with Gasteiger partial charge in [-0.05, 0) is 49.1 Å². The van der Waals surface area contributed by atoms with Crippen LogP contribution in [-0.4, -0.2) is 36.3 Å². The Balaban J connectivity index is 1.80. The van der Waals surface area contributed by atoms with Crippen LogP contribution in [-0.2, 0) is 4.79 Å². The molecule has 2 amide bonds. The van der Waals surface area contributed by atoms with Crippen LogP contribution in [0.4, 0.5) is 4.39 Å². The van der Waals surface area contributed by atoms with E-state index in [0.717, 1.165) is 17.5 Å². The second kappa shape index (κ2) is 9.21. The van der Waals surface area contributed by atoms with Gasteiger partial charge in [-0.15, -0.1) is 0 Å². The van der Waals surface area contributed by atoms with E-state index in [1.165, 1.54) is 12.1 Å². The van der Waals surface area contributed by atoms with Crippen LogP contribution in [0.1, 0.15) is 47.7 Å². The van der Waals surface area contributed by atoms with Crippen molar-refractivity contribution in [3.05, 3.63) is 71.0 Å². The highest BCUT2D eigenvalue weighted by Crippen LogP contribution is 2.34. The summed E-state index contributed by atoms with van der Waals surface area (Å²) in [6.45, 7) is 7.54. The summed E-state index contributed by atoms with van der Waals surface area (Å²) in [5, 5.41) is 3.01. The van der Waals surface area contributed by atoms with Gasteiger partial charge in [-0.25, -0.2) is 4.39 Å². The molecule has 2 aromatic carbocycles. The molecule has 1 N–H and O–H groups in total. The molecule has 2 atom stereocenters. The Kier molecular flexibility index (Phi) is 6.68. The summed E-state index contributed by atoms with van der Waals surface area (Å²) in [7, 11) is 0. The molecule has 0 radical (unpaired) electrons. The summed E-state index contributed by atoms with van der Waals surface area (Å²) in [6.07, 6.45) is 0.898. The number of nitrogens with one attached hydrogen (secondary N) is 1. The zero-order valence-electron chi connectivity index (χ0n) is 17.3. The molecule has 2 aromatic rings. The summed E-state index contributed by atoms with van der Waals surface area (Å²) < 4.78 is 13.8. The molecule has 0 bridgehead atoms. The van der Waals surface area contributed by atoms with Crippen LogP contribution in [0.2, 0.25) is 0 Å². The van der Waals surface area contributed by atoms with Gasteiger partial charge in [0.25, 0.3) is 5.91 Å². The number of aryl methyl sites for hydroxylation is 1. The van der Waals surface area contributed by atoms with Gasteiger partial charge >= 0.3 is 0 Å². The summed E-state index contributed by atoms with van der Waals surface area (Å²) in [6, 6.07) is 13.8. The van der Waals surface area contributed by atoms with Crippen molar-refractivity contribution in [3.8, 4) is 0 Å². The third-order valence-corrected chi connectivity index (χ3v) is 5.54. The molecule has 0 saturated carbocycles. The predicted octanol–water partition coefficient (Wildman–Crippen LogP) is 4.15. The van der Waals surface area contributed by atoms with Gasteiger partial charge in [0, 0.05) is 31.1 Å². The number of hydrogen-bond donors (Lipinski definition) is 1. The highest BCUT2D eigenvalue weighted by Gasteiger charge is 2.40. The lowest BCUT2D eigenvalue weighted by molar-refractivity contribution is -0.124. The summed E-state index contributed by atoms with van der Waals surface area (Å²) in [4.78, 5) is 27.6. The van der Waals surface area contributed by atoms with Gasteiger partial charge in [0.15, 0.2) is 0 Å². The molecule has 3 rings (SSSR count). The number of hydrogen-bond acceptors (Lipinski definition) is 2. The molecule has 0 aliphatic carbocycles. The van der Waals surface area contributed by atoms with Crippen LogP contribution in [0.15, 0.2) is 48.5 Å². The molecule has 1 saturated heterocycles. The minimum Gasteiger partial charge on any atom is -0.356 e. The van der Waals surface area contributed by atoms with Crippen LogP contribution in [0.3, 0.4) is 0 Å². The SMILES string of the molecule is Cc1ccc(C(=O)N2C[C@@H](C(=O)NCCC(C)C)[C@H](c3cccc(F)c3)C2)cc1. The maximum absolute atomic E-state index is 13.8. The van der Waals surface area contributed by atoms with E-state index in [1.54, 1.807) is 11.0 Å². The van der Waals surface area contributed by atoms with Gasteiger partial charge in [0.05, 0.1) is 5.92 Å². The first-order chi connectivity index (χ1) is 13.8. The number of amides is 2. The first-order valence-electron chi connectivity index (χ1n) is 10.2. The van der Waals surface area contributed by atoms with E-state index in [2.05, 4.69) is 19.2 Å². The fraction of sp³-hybridized carbons (Fsp3) is 0.417. The Labute approximate surface area is 172 Å². The number of carbonyl (C=O) groups excluding carboxylic acids is 2. The van der Waals surface area contributed by atoms with Crippen LogP contribution in [0.25, 0.3) is 0 Å². The Morgan fingerprint density at radius 1 is 1.14 bits per heavy atom.